The molecule has 0 saturated carbocycles. The summed E-state index contributed by atoms with van der Waals surface area (Å²) in [4.78, 5) is 27.7. The van der Waals surface area contributed by atoms with E-state index in [1.165, 1.54) is 0 Å². The highest BCUT2D eigenvalue weighted by atomic mass is 16.5. The minimum atomic E-state index is -0.895. The number of pyridine rings is 1. The second kappa shape index (κ2) is 6.60. The third kappa shape index (κ3) is 3.27. The lowest BCUT2D eigenvalue weighted by molar-refractivity contribution is -0.137. The van der Waals surface area contributed by atoms with E-state index in [4.69, 9.17) is 9.84 Å². The Balaban J connectivity index is 2.35. The number of carbonyl (C=O) groups excluding carboxylic acids is 1. The van der Waals surface area contributed by atoms with Crippen molar-refractivity contribution < 1.29 is 19.4 Å². The summed E-state index contributed by atoms with van der Waals surface area (Å²) in [5.41, 5.74) is 1.73. The molecule has 1 unspecified atom stereocenters. The summed E-state index contributed by atoms with van der Waals surface area (Å²) in [6, 6.07) is 3.61. The summed E-state index contributed by atoms with van der Waals surface area (Å²) in [6.45, 7) is 5.94. The average Bonchev–Trinajstić information content (AvgIpc) is 2.75. The van der Waals surface area contributed by atoms with Crippen LogP contribution in [0.3, 0.4) is 0 Å². The SMILES string of the molecule is CCOc1cccn2c(C(=O)CC(C)CC(=O)O)c(C)nc12. The van der Waals surface area contributed by atoms with Gasteiger partial charge in [-0.1, -0.05) is 6.92 Å². The van der Waals surface area contributed by atoms with Gasteiger partial charge in [-0.2, -0.15) is 0 Å². The standard InChI is InChI=1S/C16H20N2O4/c1-4-22-13-6-5-7-18-15(11(3)17-16(13)18)12(19)8-10(2)9-14(20)21/h5-7,10H,4,8-9H2,1-3H3,(H,20,21). The second-order valence-electron chi connectivity index (χ2n) is 5.38. The van der Waals surface area contributed by atoms with Crippen molar-refractivity contribution in [2.75, 3.05) is 6.61 Å². The fourth-order valence-corrected chi connectivity index (χ4v) is 2.54. The molecule has 0 aliphatic rings. The zero-order valence-electron chi connectivity index (χ0n) is 13.0. The highest BCUT2D eigenvalue weighted by Gasteiger charge is 2.21. The van der Waals surface area contributed by atoms with E-state index in [0.717, 1.165) is 0 Å². The Morgan fingerprint density at radius 2 is 2.14 bits per heavy atom. The molecule has 6 nitrogen and oxygen atoms in total. The van der Waals surface area contributed by atoms with E-state index in [1.54, 1.807) is 30.5 Å². The van der Waals surface area contributed by atoms with E-state index in [0.29, 0.717) is 29.4 Å². The number of carbonyl (C=O) groups is 2. The third-order valence-corrected chi connectivity index (χ3v) is 3.41. The van der Waals surface area contributed by atoms with Gasteiger partial charge in [-0.15, -0.1) is 0 Å². The predicted octanol–water partition coefficient (Wildman–Crippen LogP) is 2.73. The second-order valence-corrected chi connectivity index (χ2v) is 5.38. The Labute approximate surface area is 128 Å². The minimum Gasteiger partial charge on any atom is -0.490 e. The van der Waals surface area contributed by atoms with Gasteiger partial charge >= 0.3 is 5.97 Å². The van der Waals surface area contributed by atoms with Crippen molar-refractivity contribution in [3.8, 4) is 5.75 Å². The molecule has 22 heavy (non-hydrogen) atoms. The van der Waals surface area contributed by atoms with Crippen LogP contribution in [0.2, 0.25) is 0 Å². The van der Waals surface area contributed by atoms with Gasteiger partial charge in [-0.05, 0) is 31.9 Å². The normalized spacial score (nSPS) is 12.3. The van der Waals surface area contributed by atoms with Crippen LogP contribution in [0, 0.1) is 12.8 Å². The molecular formula is C16H20N2O4. The fraction of sp³-hybridized carbons (Fsp3) is 0.438. The van der Waals surface area contributed by atoms with E-state index in [2.05, 4.69) is 4.98 Å². The fourth-order valence-electron chi connectivity index (χ4n) is 2.54. The number of Topliss-reactive ketones (excluding diaryl/α,β-unsaturated/α-hetero) is 1. The molecule has 0 spiro atoms. The molecule has 6 heteroatoms. The topological polar surface area (TPSA) is 80.9 Å². The number of ether oxygens (including phenoxy) is 1. The molecule has 0 radical (unpaired) electrons. The first-order valence-electron chi connectivity index (χ1n) is 7.29. The van der Waals surface area contributed by atoms with Crippen molar-refractivity contribution in [1.29, 1.82) is 0 Å². The average molecular weight is 304 g/mol. The van der Waals surface area contributed by atoms with Crippen molar-refractivity contribution in [2.24, 2.45) is 5.92 Å². The van der Waals surface area contributed by atoms with Gasteiger partial charge < -0.3 is 9.84 Å². The molecule has 2 aromatic rings. The first-order valence-corrected chi connectivity index (χ1v) is 7.29. The highest BCUT2D eigenvalue weighted by molar-refractivity contribution is 5.97. The van der Waals surface area contributed by atoms with Crippen LogP contribution in [-0.2, 0) is 4.79 Å². The molecule has 2 rings (SSSR count). The lowest BCUT2D eigenvalue weighted by Crippen LogP contribution is -2.13. The number of hydrogen-bond acceptors (Lipinski definition) is 4. The lowest BCUT2D eigenvalue weighted by atomic mass is 9.99. The summed E-state index contributed by atoms with van der Waals surface area (Å²) in [6.07, 6.45) is 1.93. The van der Waals surface area contributed by atoms with Crippen LogP contribution >= 0.6 is 0 Å². The number of aryl methyl sites for hydroxylation is 1. The van der Waals surface area contributed by atoms with Crippen LogP contribution in [0.5, 0.6) is 5.75 Å². The molecule has 0 amide bonds. The van der Waals surface area contributed by atoms with Crippen LogP contribution < -0.4 is 4.74 Å². The number of nitrogens with zero attached hydrogens (tertiary/aromatic N) is 2. The van der Waals surface area contributed by atoms with Crippen molar-refractivity contribution in [3.05, 3.63) is 29.7 Å². The summed E-state index contributed by atoms with van der Waals surface area (Å²) < 4.78 is 7.25. The van der Waals surface area contributed by atoms with E-state index < -0.39 is 5.97 Å². The van der Waals surface area contributed by atoms with Gasteiger partial charge in [0.2, 0.25) is 0 Å². The maximum absolute atomic E-state index is 12.5. The Hall–Kier alpha value is -2.37. The number of aromatic nitrogens is 2. The zero-order chi connectivity index (χ0) is 16.3. The number of fused-ring (bicyclic) bond motifs is 1. The summed E-state index contributed by atoms with van der Waals surface area (Å²) in [5, 5.41) is 8.80. The van der Waals surface area contributed by atoms with Crippen molar-refractivity contribution >= 4 is 17.4 Å². The van der Waals surface area contributed by atoms with E-state index >= 15 is 0 Å². The van der Waals surface area contributed by atoms with Crippen LogP contribution in [0.4, 0.5) is 0 Å². The predicted molar refractivity (Wildman–Crippen MR) is 81.5 cm³/mol. The monoisotopic (exact) mass is 304 g/mol. The van der Waals surface area contributed by atoms with Gasteiger partial charge in [0.1, 0.15) is 5.69 Å². The molecule has 1 N–H and O–H groups in total. The first kappa shape index (κ1) is 16.0. The maximum atomic E-state index is 12.5. The largest absolute Gasteiger partial charge is 0.490 e. The molecule has 0 aliphatic carbocycles. The first-order chi connectivity index (χ1) is 10.4. The molecule has 0 aliphatic heterocycles. The molecule has 2 heterocycles. The van der Waals surface area contributed by atoms with Crippen LogP contribution in [0.15, 0.2) is 18.3 Å². The number of hydrogen-bond donors (Lipinski definition) is 1. The quantitative estimate of drug-likeness (QED) is 0.795. The number of ketones is 1. The van der Waals surface area contributed by atoms with Crippen molar-refractivity contribution in [3.63, 3.8) is 0 Å². The van der Waals surface area contributed by atoms with Crippen LogP contribution in [0.1, 0.15) is 42.9 Å². The number of carboxylic acid groups (broad SMARTS) is 1. The van der Waals surface area contributed by atoms with Gasteiger partial charge in [0.15, 0.2) is 17.2 Å². The summed E-state index contributed by atoms with van der Waals surface area (Å²) in [7, 11) is 0. The molecule has 0 fully saturated rings. The van der Waals surface area contributed by atoms with E-state index in [1.807, 2.05) is 13.0 Å². The van der Waals surface area contributed by atoms with Crippen LogP contribution in [-0.4, -0.2) is 32.9 Å². The van der Waals surface area contributed by atoms with Gasteiger partial charge in [-0.3, -0.25) is 14.0 Å². The summed E-state index contributed by atoms with van der Waals surface area (Å²) in [5.74, 6) is -0.586. The van der Waals surface area contributed by atoms with E-state index in [-0.39, 0.29) is 24.5 Å². The Kier molecular flexibility index (Phi) is 4.80. The molecule has 118 valence electrons. The minimum absolute atomic E-state index is 0.0221. The smallest absolute Gasteiger partial charge is 0.303 e. The molecule has 0 aromatic carbocycles. The number of imidazole rings is 1. The lowest BCUT2D eigenvalue weighted by Gasteiger charge is -2.09. The van der Waals surface area contributed by atoms with Crippen molar-refractivity contribution in [1.82, 2.24) is 9.38 Å². The van der Waals surface area contributed by atoms with Crippen LogP contribution in [0.25, 0.3) is 5.65 Å². The Bertz CT molecular complexity index is 705. The molecule has 1 atom stereocenters. The highest BCUT2D eigenvalue weighted by Crippen LogP contribution is 2.24. The molecule has 0 saturated heterocycles. The molecule has 2 aromatic heterocycles. The Morgan fingerprint density at radius 3 is 2.77 bits per heavy atom. The van der Waals surface area contributed by atoms with Crippen molar-refractivity contribution in [2.45, 2.75) is 33.6 Å². The Morgan fingerprint density at radius 1 is 1.41 bits per heavy atom. The summed E-state index contributed by atoms with van der Waals surface area (Å²) >= 11 is 0. The number of aliphatic carboxylic acids is 1. The number of rotatable bonds is 7. The number of carboxylic acids is 1. The maximum Gasteiger partial charge on any atom is 0.303 e. The van der Waals surface area contributed by atoms with Gasteiger partial charge in [-0.25, -0.2) is 4.98 Å². The third-order valence-electron chi connectivity index (χ3n) is 3.41. The molecular weight excluding hydrogens is 284 g/mol. The zero-order valence-corrected chi connectivity index (χ0v) is 13.0. The van der Waals surface area contributed by atoms with Gasteiger partial charge in [0.05, 0.1) is 12.3 Å². The van der Waals surface area contributed by atoms with Gasteiger partial charge in [0, 0.05) is 19.0 Å². The molecule has 0 bridgehead atoms. The van der Waals surface area contributed by atoms with Gasteiger partial charge in [0.25, 0.3) is 0 Å². The van der Waals surface area contributed by atoms with E-state index in [9.17, 15) is 9.59 Å².